The zero-order valence-corrected chi connectivity index (χ0v) is 16.8. The van der Waals surface area contributed by atoms with Crippen LogP contribution in [0.3, 0.4) is 0 Å². The van der Waals surface area contributed by atoms with Gasteiger partial charge in [-0.05, 0) is 64.6 Å². The van der Waals surface area contributed by atoms with Gasteiger partial charge in [-0.3, -0.25) is 4.99 Å². The highest BCUT2D eigenvalue weighted by molar-refractivity contribution is 14.0. The van der Waals surface area contributed by atoms with Gasteiger partial charge in [0, 0.05) is 19.1 Å². The summed E-state index contributed by atoms with van der Waals surface area (Å²) in [5.74, 6) is 1.95. The largest absolute Gasteiger partial charge is 0.357 e. The molecule has 2 N–H and O–H groups in total. The summed E-state index contributed by atoms with van der Waals surface area (Å²) in [5, 5.41) is 6.97. The Balaban J connectivity index is 0.00000242. The number of nitrogens with zero attached hydrogens (tertiary/aromatic N) is 2. The molecule has 0 bridgehead atoms. The normalized spacial score (nSPS) is 21.6. The van der Waals surface area contributed by atoms with Crippen molar-refractivity contribution in [1.82, 2.24) is 15.5 Å². The van der Waals surface area contributed by atoms with Gasteiger partial charge in [-0.25, -0.2) is 0 Å². The molecule has 0 aromatic heterocycles. The number of hydrogen-bond acceptors (Lipinski definition) is 2. The number of likely N-dealkylation sites (tertiary alicyclic amines) is 1. The number of piperidine rings is 1. The minimum Gasteiger partial charge on any atom is -0.357 e. The maximum atomic E-state index is 4.74. The number of halogens is 1. The van der Waals surface area contributed by atoms with Crippen molar-refractivity contribution in [3.63, 3.8) is 0 Å². The number of aliphatic imine (C=N–C) groups is 1. The molecule has 1 aliphatic carbocycles. The van der Waals surface area contributed by atoms with Crippen LogP contribution in [0.2, 0.25) is 0 Å². The molecule has 0 amide bonds. The van der Waals surface area contributed by atoms with Crippen molar-refractivity contribution in [2.24, 2.45) is 10.9 Å². The van der Waals surface area contributed by atoms with Gasteiger partial charge in [-0.1, -0.05) is 19.8 Å². The van der Waals surface area contributed by atoms with Crippen molar-refractivity contribution >= 4 is 29.9 Å². The molecule has 22 heavy (non-hydrogen) atoms. The molecule has 2 aliphatic rings. The van der Waals surface area contributed by atoms with Crippen LogP contribution in [-0.4, -0.2) is 49.6 Å². The zero-order valence-electron chi connectivity index (χ0n) is 14.4. The molecule has 5 heteroatoms. The third-order valence-electron chi connectivity index (χ3n) is 4.82. The summed E-state index contributed by atoms with van der Waals surface area (Å²) >= 11 is 0. The first-order valence-electron chi connectivity index (χ1n) is 9.05. The van der Waals surface area contributed by atoms with E-state index in [-0.39, 0.29) is 24.0 Å². The van der Waals surface area contributed by atoms with Gasteiger partial charge in [0.15, 0.2) is 5.96 Å². The predicted octanol–water partition coefficient (Wildman–Crippen LogP) is 3.22. The lowest BCUT2D eigenvalue weighted by Gasteiger charge is -2.29. The van der Waals surface area contributed by atoms with Crippen molar-refractivity contribution in [2.75, 3.05) is 32.7 Å². The molecule has 0 atom stereocenters. The Morgan fingerprint density at radius 3 is 2.45 bits per heavy atom. The van der Waals surface area contributed by atoms with E-state index in [1.54, 1.807) is 0 Å². The Labute approximate surface area is 153 Å². The van der Waals surface area contributed by atoms with Crippen LogP contribution in [0.1, 0.15) is 58.8 Å². The first-order chi connectivity index (χ1) is 10.3. The third kappa shape index (κ3) is 7.49. The maximum Gasteiger partial charge on any atom is 0.191 e. The van der Waals surface area contributed by atoms with Gasteiger partial charge in [-0.2, -0.15) is 0 Å². The summed E-state index contributed by atoms with van der Waals surface area (Å²) < 4.78 is 0. The van der Waals surface area contributed by atoms with E-state index in [1.165, 1.54) is 64.6 Å². The van der Waals surface area contributed by atoms with Crippen LogP contribution < -0.4 is 10.6 Å². The molecule has 4 nitrogen and oxygen atoms in total. The molecule has 0 aromatic carbocycles. The number of guanidine groups is 1. The van der Waals surface area contributed by atoms with Crippen LogP contribution in [-0.2, 0) is 0 Å². The molecule has 2 fully saturated rings. The number of rotatable bonds is 6. The van der Waals surface area contributed by atoms with Crippen molar-refractivity contribution in [3.8, 4) is 0 Å². The topological polar surface area (TPSA) is 39.7 Å². The Morgan fingerprint density at radius 2 is 1.82 bits per heavy atom. The summed E-state index contributed by atoms with van der Waals surface area (Å²) in [6.07, 6.45) is 9.25. The van der Waals surface area contributed by atoms with Gasteiger partial charge in [0.1, 0.15) is 0 Å². The Kier molecular flexibility index (Phi) is 10.4. The van der Waals surface area contributed by atoms with Crippen molar-refractivity contribution < 1.29 is 0 Å². The minimum absolute atomic E-state index is 0. The second-order valence-electron chi connectivity index (χ2n) is 6.76. The molecule has 130 valence electrons. The van der Waals surface area contributed by atoms with Crippen LogP contribution in [0, 0.1) is 5.92 Å². The molecule has 0 aromatic rings. The van der Waals surface area contributed by atoms with Crippen LogP contribution in [0.15, 0.2) is 4.99 Å². The van der Waals surface area contributed by atoms with E-state index < -0.39 is 0 Å². The van der Waals surface area contributed by atoms with Crippen LogP contribution in [0.25, 0.3) is 0 Å². The van der Waals surface area contributed by atoms with E-state index >= 15 is 0 Å². The molecule has 2 rings (SSSR count). The average molecular weight is 422 g/mol. The standard InChI is InChI=1S/C17H34N4.HI/c1-3-18-17(20-16-7-4-5-8-16)19-11-6-12-21-13-9-15(2)10-14-21;/h15-16H,3-14H2,1-2H3,(H2,18,19,20);1H. The molecule has 1 saturated carbocycles. The first-order valence-corrected chi connectivity index (χ1v) is 9.05. The average Bonchev–Trinajstić information content (AvgIpc) is 2.98. The van der Waals surface area contributed by atoms with E-state index in [0.717, 1.165) is 25.0 Å². The molecule has 0 spiro atoms. The lowest BCUT2D eigenvalue weighted by atomic mass is 9.99. The summed E-state index contributed by atoms with van der Waals surface area (Å²) in [5.41, 5.74) is 0. The molecular formula is C17H35IN4. The van der Waals surface area contributed by atoms with Crippen LogP contribution in [0.5, 0.6) is 0 Å². The molecule has 1 heterocycles. The maximum absolute atomic E-state index is 4.74. The zero-order chi connectivity index (χ0) is 14.9. The fourth-order valence-corrected chi connectivity index (χ4v) is 3.35. The summed E-state index contributed by atoms with van der Waals surface area (Å²) in [6, 6.07) is 0.645. The van der Waals surface area contributed by atoms with E-state index in [4.69, 9.17) is 4.99 Å². The van der Waals surface area contributed by atoms with Crippen molar-refractivity contribution in [1.29, 1.82) is 0 Å². The minimum atomic E-state index is 0. The summed E-state index contributed by atoms with van der Waals surface area (Å²) in [4.78, 5) is 7.35. The van der Waals surface area contributed by atoms with Gasteiger partial charge in [0.05, 0.1) is 0 Å². The quantitative estimate of drug-likeness (QED) is 0.299. The lowest BCUT2D eigenvalue weighted by molar-refractivity contribution is 0.192. The monoisotopic (exact) mass is 422 g/mol. The molecule has 1 saturated heterocycles. The number of nitrogens with one attached hydrogen (secondary N) is 2. The number of hydrogen-bond donors (Lipinski definition) is 2. The summed E-state index contributed by atoms with van der Waals surface area (Å²) in [6.45, 7) is 10.2. The Bertz CT molecular complexity index is 308. The van der Waals surface area contributed by atoms with Crippen LogP contribution >= 0.6 is 24.0 Å². The van der Waals surface area contributed by atoms with E-state index in [0.29, 0.717) is 6.04 Å². The second kappa shape index (κ2) is 11.5. The smallest absolute Gasteiger partial charge is 0.191 e. The fraction of sp³-hybridized carbons (Fsp3) is 0.941. The van der Waals surface area contributed by atoms with E-state index in [9.17, 15) is 0 Å². The highest BCUT2D eigenvalue weighted by Gasteiger charge is 2.16. The second-order valence-corrected chi connectivity index (χ2v) is 6.76. The van der Waals surface area contributed by atoms with Crippen molar-refractivity contribution in [3.05, 3.63) is 0 Å². The third-order valence-corrected chi connectivity index (χ3v) is 4.82. The molecular weight excluding hydrogens is 387 g/mol. The molecule has 0 radical (unpaired) electrons. The van der Waals surface area contributed by atoms with Gasteiger partial charge in [0.25, 0.3) is 0 Å². The van der Waals surface area contributed by atoms with Crippen molar-refractivity contribution in [2.45, 2.75) is 64.8 Å². The van der Waals surface area contributed by atoms with Gasteiger partial charge >= 0.3 is 0 Å². The van der Waals surface area contributed by atoms with Gasteiger partial charge in [-0.15, -0.1) is 24.0 Å². The molecule has 1 aliphatic heterocycles. The molecule has 0 unspecified atom stereocenters. The Morgan fingerprint density at radius 1 is 1.14 bits per heavy atom. The highest BCUT2D eigenvalue weighted by atomic mass is 127. The van der Waals surface area contributed by atoms with Gasteiger partial charge in [0.2, 0.25) is 0 Å². The van der Waals surface area contributed by atoms with Crippen LogP contribution in [0.4, 0.5) is 0 Å². The SMILES string of the molecule is CCNC(=NCCCN1CCC(C)CC1)NC1CCCC1.I. The highest BCUT2D eigenvalue weighted by Crippen LogP contribution is 2.17. The Hall–Kier alpha value is -0.0400. The fourth-order valence-electron chi connectivity index (χ4n) is 3.35. The summed E-state index contributed by atoms with van der Waals surface area (Å²) in [7, 11) is 0. The van der Waals surface area contributed by atoms with Gasteiger partial charge < -0.3 is 15.5 Å². The first kappa shape index (κ1) is 20.0. The van der Waals surface area contributed by atoms with E-state index in [1.807, 2.05) is 0 Å². The lowest BCUT2D eigenvalue weighted by Crippen LogP contribution is -2.42. The van der Waals surface area contributed by atoms with E-state index in [2.05, 4.69) is 29.4 Å². The predicted molar refractivity (Wildman–Crippen MR) is 106 cm³/mol.